The van der Waals surface area contributed by atoms with Crippen LogP contribution in [0.1, 0.15) is 35.6 Å². The van der Waals surface area contributed by atoms with Gasteiger partial charge in [0.25, 0.3) is 0 Å². The lowest BCUT2D eigenvalue weighted by Crippen LogP contribution is -2.37. The Hall–Kier alpha value is -5.26. The highest BCUT2D eigenvalue weighted by molar-refractivity contribution is 6.40. The topological polar surface area (TPSA) is 75.6 Å². The van der Waals surface area contributed by atoms with Crippen molar-refractivity contribution in [2.45, 2.75) is 33.0 Å². The van der Waals surface area contributed by atoms with Gasteiger partial charge in [0.2, 0.25) is 0 Å². The van der Waals surface area contributed by atoms with E-state index in [0.717, 1.165) is 67.8 Å². The first-order valence-electron chi connectivity index (χ1n) is 16.1. The van der Waals surface area contributed by atoms with E-state index in [1.165, 1.54) is 0 Å². The van der Waals surface area contributed by atoms with Gasteiger partial charge in [0.1, 0.15) is 33.8 Å². The first kappa shape index (κ1) is 31.3. The molecule has 0 aliphatic carbocycles. The largest absolute Gasteiger partial charge is 1.20 e. The Morgan fingerprint density at radius 2 is 1.25 bits per heavy atom. The first-order chi connectivity index (χ1) is 23.7. The molecule has 0 spiro atoms. The molecule has 4 aromatic carbocycles. The molecule has 0 unspecified atom stereocenters. The number of benzene rings is 4. The van der Waals surface area contributed by atoms with Crippen LogP contribution >= 0.6 is 0 Å². The zero-order valence-electron chi connectivity index (χ0n) is 26.7. The van der Waals surface area contributed by atoms with Crippen molar-refractivity contribution >= 4 is 53.9 Å². The summed E-state index contributed by atoms with van der Waals surface area (Å²) in [6.07, 6.45) is 8.85. The number of aromatic nitrogens is 3. The van der Waals surface area contributed by atoms with E-state index in [1.54, 1.807) is 18.6 Å². The van der Waals surface area contributed by atoms with E-state index in [0.29, 0.717) is 30.5 Å². The molecule has 0 amide bonds. The number of fused-ring (bicyclic) bond motifs is 3. The third-order valence-corrected chi connectivity index (χ3v) is 9.44. The molecule has 3 heterocycles. The lowest BCUT2D eigenvalue weighted by molar-refractivity contribution is 0.108. The lowest BCUT2D eigenvalue weighted by Gasteiger charge is -2.21. The molecule has 0 atom stereocenters. The van der Waals surface area contributed by atoms with Crippen molar-refractivity contribution < 1.29 is 16.1 Å². The standard InChI is InChI=1S/C22H23NO2.2C9H7NO.Al/c1-3-6-18-13-19(20-7-5-12-23-21(20)22(18)24)15-25-14-17-10-8-16(4-2)9-11-17;2*11-8-5-1-3-7-4-2-6-10-9(7)8;/h4-5,7-13,24H,2-3,6,14-15H2,1H3;2*1-6,11H;/q;;;+3/p-3. The number of pyridine rings is 3. The van der Waals surface area contributed by atoms with Crippen LogP contribution in [0.25, 0.3) is 38.8 Å². The zero-order valence-corrected chi connectivity index (χ0v) is 27.9. The van der Waals surface area contributed by atoms with Crippen molar-refractivity contribution in [1.29, 1.82) is 0 Å². The normalized spacial score (nSPS) is 11.1. The highest BCUT2D eigenvalue weighted by atomic mass is 27.3. The maximum absolute atomic E-state index is 6.90. The van der Waals surface area contributed by atoms with E-state index in [4.69, 9.17) is 21.1 Å². The smallest absolute Gasteiger partial charge is 0.576 e. The summed E-state index contributed by atoms with van der Waals surface area (Å²) in [6, 6.07) is 34.0. The van der Waals surface area contributed by atoms with E-state index in [1.807, 2.05) is 84.9 Å². The summed E-state index contributed by atoms with van der Waals surface area (Å²) in [7, 11) is 0. The molecule has 0 radical (unpaired) electrons. The van der Waals surface area contributed by atoms with Gasteiger partial charge in [-0.05, 0) is 65.1 Å². The fraction of sp³-hybridized carbons (Fsp3) is 0.125. The van der Waals surface area contributed by atoms with Crippen molar-refractivity contribution in [2.75, 3.05) is 0 Å². The molecular weight excluding hydrogens is 613 g/mol. The summed E-state index contributed by atoms with van der Waals surface area (Å²) < 4.78 is 26.5. The van der Waals surface area contributed by atoms with E-state index >= 15 is 0 Å². The molecule has 0 aliphatic heterocycles. The number of aryl methyl sites for hydroxylation is 1. The number of para-hydroxylation sites is 2. The summed E-state index contributed by atoms with van der Waals surface area (Å²) in [5.74, 6) is 1.85. The summed E-state index contributed by atoms with van der Waals surface area (Å²) in [4.78, 5) is 14.1. The summed E-state index contributed by atoms with van der Waals surface area (Å²) in [6.45, 7) is 6.92. The molecule has 0 saturated carbocycles. The summed E-state index contributed by atoms with van der Waals surface area (Å²) in [5, 5.41) is 2.89. The first-order valence-corrected chi connectivity index (χ1v) is 17.5. The van der Waals surface area contributed by atoms with Crippen LogP contribution < -0.4 is 11.4 Å². The molecule has 8 heteroatoms. The number of hydrogen-bond donors (Lipinski definition) is 0. The minimum Gasteiger partial charge on any atom is -0.576 e. The summed E-state index contributed by atoms with van der Waals surface area (Å²) in [5.41, 5.74) is 6.48. The molecule has 7 aromatic rings. The van der Waals surface area contributed by atoms with Gasteiger partial charge in [0.05, 0.1) is 13.2 Å². The average molecular weight is 648 g/mol. The predicted octanol–water partition coefficient (Wildman–Crippen LogP) is 9.17. The maximum Gasteiger partial charge on any atom is 1.20 e. The van der Waals surface area contributed by atoms with Crippen LogP contribution in [0.15, 0.2) is 128 Å². The van der Waals surface area contributed by atoms with Crippen LogP contribution in [0.4, 0.5) is 0 Å². The molecule has 0 N–H and O–H groups in total. The number of nitrogens with zero attached hydrogens (tertiary/aromatic N) is 3. The highest BCUT2D eigenvalue weighted by Crippen LogP contribution is 2.35. The Kier molecular flexibility index (Phi) is 9.58. The van der Waals surface area contributed by atoms with Crippen LogP contribution in [0.5, 0.6) is 17.2 Å². The highest BCUT2D eigenvalue weighted by Gasteiger charge is 2.46. The van der Waals surface area contributed by atoms with Gasteiger partial charge in [-0.3, -0.25) is 15.0 Å². The molecule has 0 bridgehead atoms. The fourth-order valence-electron chi connectivity index (χ4n) is 5.80. The second-order valence-electron chi connectivity index (χ2n) is 11.4. The van der Waals surface area contributed by atoms with E-state index in [-0.39, 0.29) is 0 Å². The third-order valence-electron chi connectivity index (χ3n) is 8.12. The van der Waals surface area contributed by atoms with Crippen molar-refractivity contribution in [3.05, 3.63) is 151 Å². The zero-order chi connectivity index (χ0) is 32.7. The lowest BCUT2D eigenvalue weighted by atomic mass is 10.0. The Labute approximate surface area is 284 Å². The van der Waals surface area contributed by atoms with Gasteiger partial charge in [-0.25, -0.2) is 0 Å². The SMILES string of the molecule is C=Cc1ccc(COCc2cc(CCC)c([O][Al]([O]c3cccc4cccnc34)[O]c3cccc4cccnc34)c3ncccc23)cc1. The van der Waals surface area contributed by atoms with Crippen molar-refractivity contribution in [3.63, 3.8) is 0 Å². The number of ether oxygens (including phenoxy) is 1. The number of rotatable bonds is 13. The van der Waals surface area contributed by atoms with E-state index in [2.05, 4.69) is 47.7 Å². The van der Waals surface area contributed by atoms with E-state index in [9.17, 15) is 0 Å². The van der Waals surface area contributed by atoms with Gasteiger partial charge in [-0.2, -0.15) is 0 Å². The minimum absolute atomic E-state index is 0.430. The Morgan fingerprint density at radius 3 is 1.88 bits per heavy atom. The van der Waals surface area contributed by atoms with Gasteiger partial charge in [0.15, 0.2) is 0 Å². The van der Waals surface area contributed by atoms with Gasteiger partial charge in [-0.1, -0.05) is 92.7 Å². The monoisotopic (exact) mass is 647 g/mol. The van der Waals surface area contributed by atoms with Crippen molar-refractivity contribution in [2.24, 2.45) is 0 Å². The van der Waals surface area contributed by atoms with Crippen LogP contribution in [0.3, 0.4) is 0 Å². The molecule has 7 nitrogen and oxygen atoms in total. The minimum atomic E-state index is -3.03. The maximum atomic E-state index is 6.90. The molecule has 236 valence electrons. The third kappa shape index (κ3) is 6.88. The van der Waals surface area contributed by atoms with Crippen LogP contribution in [-0.2, 0) is 24.4 Å². The van der Waals surface area contributed by atoms with Gasteiger partial charge < -0.3 is 16.1 Å². The second-order valence-corrected chi connectivity index (χ2v) is 12.7. The fourth-order valence-corrected chi connectivity index (χ4v) is 7.20. The van der Waals surface area contributed by atoms with Crippen molar-refractivity contribution in [3.8, 4) is 17.2 Å². The predicted molar refractivity (Wildman–Crippen MR) is 192 cm³/mol. The van der Waals surface area contributed by atoms with Gasteiger partial charge in [-0.15, -0.1) is 0 Å². The van der Waals surface area contributed by atoms with Crippen LogP contribution in [0, 0.1) is 0 Å². The second kappa shape index (κ2) is 14.7. The molecule has 0 fully saturated rings. The quantitative estimate of drug-likeness (QED) is 0.116. The van der Waals surface area contributed by atoms with Gasteiger partial charge in [0, 0.05) is 34.7 Å². The molecule has 7 rings (SSSR count). The molecule has 0 saturated heterocycles. The molecule has 3 aromatic heterocycles. The van der Waals surface area contributed by atoms with Crippen LogP contribution in [0.2, 0.25) is 0 Å². The van der Waals surface area contributed by atoms with Gasteiger partial charge >= 0.3 is 15.1 Å². The Morgan fingerprint density at radius 1 is 0.646 bits per heavy atom. The Balaban J connectivity index is 1.25. The van der Waals surface area contributed by atoms with E-state index < -0.39 is 15.1 Å². The molecule has 48 heavy (non-hydrogen) atoms. The number of hydrogen-bond acceptors (Lipinski definition) is 7. The summed E-state index contributed by atoms with van der Waals surface area (Å²) >= 11 is -3.03. The molecular formula is C40H34AlN3O4. The van der Waals surface area contributed by atoms with Crippen molar-refractivity contribution in [1.82, 2.24) is 15.0 Å². The Bertz CT molecular complexity index is 2110. The van der Waals surface area contributed by atoms with Crippen LogP contribution in [-0.4, -0.2) is 30.1 Å². The molecule has 0 aliphatic rings. The average Bonchev–Trinajstić information content (AvgIpc) is 3.13.